The van der Waals surface area contributed by atoms with Gasteiger partial charge in [0.05, 0.1) is 18.5 Å². The molecule has 1 aromatic carbocycles. The summed E-state index contributed by atoms with van der Waals surface area (Å²) in [5.41, 5.74) is 5.09. The zero-order valence-electron chi connectivity index (χ0n) is 16.1. The molecule has 1 N–H and O–H groups in total. The molecule has 3 heterocycles. The first-order valence-corrected chi connectivity index (χ1v) is 10.0. The number of pyridine rings is 1. The van der Waals surface area contributed by atoms with Crippen LogP contribution in [0.25, 0.3) is 22.5 Å². The van der Waals surface area contributed by atoms with Gasteiger partial charge in [-0.15, -0.1) is 0 Å². The number of carbonyl (C=O) groups excluding carboxylic acids is 1. The van der Waals surface area contributed by atoms with Gasteiger partial charge in [0.2, 0.25) is 0 Å². The minimum atomic E-state index is -0.178. The van der Waals surface area contributed by atoms with Crippen molar-refractivity contribution in [2.24, 2.45) is 7.05 Å². The first-order chi connectivity index (χ1) is 14.1. The Balaban J connectivity index is 1.48. The van der Waals surface area contributed by atoms with Crippen LogP contribution in [0, 0.1) is 0 Å². The number of thiophene rings is 1. The predicted molar refractivity (Wildman–Crippen MR) is 114 cm³/mol. The number of hydrogen-bond acceptors (Lipinski definition) is 5. The molecule has 0 aliphatic heterocycles. The molecule has 0 saturated heterocycles. The number of carbonyl (C=O) groups is 1. The molecular formula is C22H20N4O2S. The Morgan fingerprint density at radius 2 is 2.03 bits per heavy atom. The summed E-state index contributed by atoms with van der Waals surface area (Å²) >= 11 is 1.63. The first kappa shape index (κ1) is 18.9. The number of ether oxygens (including phenoxy) is 1. The van der Waals surface area contributed by atoms with E-state index in [2.05, 4.69) is 20.8 Å². The van der Waals surface area contributed by atoms with Gasteiger partial charge in [-0.2, -0.15) is 16.4 Å². The molecule has 4 aromatic rings. The van der Waals surface area contributed by atoms with Crippen LogP contribution in [0.4, 0.5) is 0 Å². The van der Waals surface area contributed by atoms with Crippen molar-refractivity contribution in [3.05, 3.63) is 76.7 Å². The van der Waals surface area contributed by atoms with Gasteiger partial charge < -0.3 is 10.1 Å². The van der Waals surface area contributed by atoms with E-state index in [4.69, 9.17) is 4.74 Å². The summed E-state index contributed by atoms with van der Waals surface area (Å²) in [4.78, 5) is 17.1. The van der Waals surface area contributed by atoms with Crippen LogP contribution in [0.2, 0.25) is 0 Å². The van der Waals surface area contributed by atoms with Crippen molar-refractivity contribution >= 4 is 17.2 Å². The van der Waals surface area contributed by atoms with Gasteiger partial charge in [-0.3, -0.25) is 14.5 Å². The second kappa shape index (κ2) is 8.28. The number of hydrogen-bond donors (Lipinski definition) is 1. The number of benzene rings is 1. The van der Waals surface area contributed by atoms with Gasteiger partial charge in [-0.25, -0.2) is 0 Å². The molecule has 7 heteroatoms. The fourth-order valence-corrected chi connectivity index (χ4v) is 3.68. The molecule has 0 bridgehead atoms. The van der Waals surface area contributed by atoms with E-state index in [1.165, 1.54) is 0 Å². The van der Waals surface area contributed by atoms with Crippen molar-refractivity contribution in [2.75, 3.05) is 7.11 Å². The van der Waals surface area contributed by atoms with Crippen LogP contribution >= 0.6 is 11.3 Å². The summed E-state index contributed by atoms with van der Waals surface area (Å²) in [6.07, 6.45) is 1.76. The second-order valence-corrected chi connectivity index (χ2v) is 7.29. The third-order valence-corrected chi connectivity index (χ3v) is 5.26. The minimum absolute atomic E-state index is 0.178. The largest absolute Gasteiger partial charge is 0.497 e. The summed E-state index contributed by atoms with van der Waals surface area (Å²) in [5, 5.41) is 11.5. The van der Waals surface area contributed by atoms with Crippen LogP contribution in [0.5, 0.6) is 5.75 Å². The number of nitrogens with one attached hydrogen (secondary N) is 1. The number of aromatic nitrogens is 3. The first-order valence-electron chi connectivity index (χ1n) is 9.08. The van der Waals surface area contributed by atoms with Crippen molar-refractivity contribution < 1.29 is 9.53 Å². The van der Waals surface area contributed by atoms with Crippen LogP contribution in [-0.2, 0) is 13.6 Å². The summed E-state index contributed by atoms with van der Waals surface area (Å²) in [7, 11) is 3.39. The van der Waals surface area contributed by atoms with Crippen LogP contribution in [0.3, 0.4) is 0 Å². The number of methoxy groups -OCH3 is 1. The molecular weight excluding hydrogens is 384 g/mol. The average molecular weight is 404 g/mol. The molecule has 0 aliphatic carbocycles. The summed E-state index contributed by atoms with van der Waals surface area (Å²) < 4.78 is 6.86. The smallest absolute Gasteiger partial charge is 0.269 e. The lowest BCUT2D eigenvalue weighted by Crippen LogP contribution is -2.25. The molecule has 0 unspecified atom stereocenters. The van der Waals surface area contributed by atoms with E-state index in [0.717, 1.165) is 33.8 Å². The molecule has 0 atom stereocenters. The number of nitrogens with zero attached hydrogens (tertiary/aromatic N) is 3. The lowest BCUT2D eigenvalue weighted by Gasteiger charge is -2.06. The maximum Gasteiger partial charge on any atom is 0.269 e. The SMILES string of the molecule is COc1cccc(-c2cc(C(=O)NCc3ccnc(-c4ccsc4)c3)n(C)n2)c1. The molecule has 0 saturated carbocycles. The molecule has 0 radical (unpaired) electrons. The monoisotopic (exact) mass is 404 g/mol. The van der Waals surface area contributed by atoms with E-state index in [0.29, 0.717) is 12.2 Å². The van der Waals surface area contributed by atoms with Crippen LogP contribution < -0.4 is 10.1 Å². The van der Waals surface area contributed by atoms with E-state index in [9.17, 15) is 4.79 Å². The fourth-order valence-electron chi connectivity index (χ4n) is 3.03. The molecule has 0 spiro atoms. The van der Waals surface area contributed by atoms with E-state index >= 15 is 0 Å². The van der Waals surface area contributed by atoms with Crippen molar-refractivity contribution in [1.82, 2.24) is 20.1 Å². The highest BCUT2D eigenvalue weighted by molar-refractivity contribution is 7.08. The summed E-state index contributed by atoms with van der Waals surface area (Å²) in [5.74, 6) is 0.571. The molecule has 0 aliphatic rings. The molecule has 4 rings (SSSR count). The van der Waals surface area contributed by atoms with Crippen LogP contribution in [0.15, 0.2) is 65.5 Å². The number of amides is 1. The normalized spacial score (nSPS) is 10.7. The van der Waals surface area contributed by atoms with Crippen molar-refractivity contribution in [2.45, 2.75) is 6.54 Å². The van der Waals surface area contributed by atoms with E-state index in [1.807, 2.05) is 47.8 Å². The number of aryl methyl sites for hydroxylation is 1. The fraction of sp³-hybridized carbons (Fsp3) is 0.136. The van der Waals surface area contributed by atoms with Crippen LogP contribution in [-0.4, -0.2) is 27.8 Å². The van der Waals surface area contributed by atoms with Gasteiger partial charge >= 0.3 is 0 Å². The van der Waals surface area contributed by atoms with Crippen molar-refractivity contribution in [1.29, 1.82) is 0 Å². The van der Waals surface area contributed by atoms with Crippen LogP contribution in [0.1, 0.15) is 16.1 Å². The highest BCUT2D eigenvalue weighted by Crippen LogP contribution is 2.24. The van der Waals surface area contributed by atoms with Gasteiger partial charge in [-0.05, 0) is 47.3 Å². The van der Waals surface area contributed by atoms with Gasteiger partial charge in [0.25, 0.3) is 5.91 Å². The Morgan fingerprint density at radius 1 is 1.14 bits per heavy atom. The van der Waals surface area contributed by atoms with Gasteiger partial charge in [0, 0.05) is 36.3 Å². The molecule has 3 aromatic heterocycles. The van der Waals surface area contributed by atoms with Crippen molar-refractivity contribution in [3.8, 4) is 28.3 Å². The lowest BCUT2D eigenvalue weighted by molar-refractivity contribution is 0.0941. The molecule has 146 valence electrons. The third kappa shape index (κ3) is 4.20. The van der Waals surface area contributed by atoms with Gasteiger partial charge in [-0.1, -0.05) is 12.1 Å². The lowest BCUT2D eigenvalue weighted by atomic mass is 10.1. The zero-order chi connectivity index (χ0) is 20.2. The molecule has 29 heavy (non-hydrogen) atoms. The van der Waals surface area contributed by atoms with Crippen molar-refractivity contribution in [3.63, 3.8) is 0 Å². The molecule has 1 amide bonds. The quantitative estimate of drug-likeness (QED) is 0.524. The van der Waals surface area contributed by atoms with E-state index in [-0.39, 0.29) is 5.91 Å². The van der Waals surface area contributed by atoms with E-state index in [1.54, 1.807) is 42.4 Å². The van der Waals surface area contributed by atoms with Gasteiger partial charge in [0.15, 0.2) is 0 Å². The Bertz CT molecular complexity index is 1140. The standard InChI is InChI=1S/C22H20N4O2S/c1-26-21(12-20(25-26)16-4-3-5-18(11-16)28-2)22(27)24-13-15-6-8-23-19(10-15)17-7-9-29-14-17/h3-12,14H,13H2,1-2H3,(H,24,27). The Kier molecular flexibility index (Phi) is 5.39. The number of rotatable bonds is 6. The maximum absolute atomic E-state index is 12.7. The zero-order valence-corrected chi connectivity index (χ0v) is 16.9. The summed E-state index contributed by atoms with van der Waals surface area (Å²) in [6, 6.07) is 15.3. The Morgan fingerprint density at radius 3 is 2.83 bits per heavy atom. The van der Waals surface area contributed by atoms with E-state index < -0.39 is 0 Å². The Labute approximate surface area is 172 Å². The predicted octanol–water partition coefficient (Wildman–Crippen LogP) is 4.15. The second-order valence-electron chi connectivity index (χ2n) is 6.51. The minimum Gasteiger partial charge on any atom is -0.497 e. The highest BCUT2D eigenvalue weighted by atomic mass is 32.1. The average Bonchev–Trinajstić information content (AvgIpc) is 3.42. The maximum atomic E-state index is 12.7. The summed E-state index contributed by atoms with van der Waals surface area (Å²) in [6.45, 7) is 0.415. The highest BCUT2D eigenvalue weighted by Gasteiger charge is 2.14. The molecule has 6 nitrogen and oxygen atoms in total. The topological polar surface area (TPSA) is 69.0 Å². The third-order valence-electron chi connectivity index (χ3n) is 4.57. The molecule has 0 fully saturated rings. The Hall–Kier alpha value is -3.45. The van der Waals surface area contributed by atoms with Gasteiger partial charge in [0.1, 0.15) is 11.4 Å².